The van der Waals surface area contributed by atoms with E-state index in [9.17, 15) is 19.2 Å². The second-order valence-electron chi connectivity index (χ2n) is 12.2. The zero-order chi connectivity index (χ0) is 38.7. The molecule has 0 aliphatic carbocycles. The molecule has 5 aromatic carbocycles. The maximum atomic E-state index is 14.2. The van der Waals surface area contributed by atoms with Crippen LogP contribution in [0.25, 0.3) is 17.2 Å². The number of hydrogen-bond donors (Lipinski definition) is 3. The fourth-order valence-corrected chi connectivity index (χ4v) is 7.84. The third kappa shape index (κ3) is 10.3. The summed E-state index contributed by atoms with van der Waals surface area (Å²) < 4.78 is 6.30. The van der Waals surface area contributed by atoms with Crippen LogP contribution < -0.4 is 16.0 Å². The van der Waals surface area contributed by atoms with E-state index in [1.165, 1.54) is 23.1 Å². The normalized spacial score (nSPS) is 11.7. The van der Waals surface area contributed by atoms with Crippen LogP contribution in [0.2, 0.25) is 0 Å². The Morgan fingerprint density at radius 1 is 0.818 bits per heavy atom. The molecule has 1 heterocycles. The van der Waals surface area contributed by atoms with Crippen LogP contribution in [0.3, 0.4) is 0 Å². The Morgan fingerprint density at radius 3 is 2.20 bits per heavy atom. The number of halogens is 1. The Bertz CT molecular complexity index is 2330. The van der Waals surface area contributed by atoms with Crippen molar-refractivity contribution in [2.75, 3.05) is 17.2 Å². The lowest BCUT2D eigenvalue weighted by atomic mass is 10.0. The van der Waals surface area contributed by atoms with E-state index >= 15 is 0 Å². The lowest BCUT2D eigenvalue weighted by Crippen LogP contribution is -2.30. The number of thioether (sulfide) groups is 1. The van der Waals surface area contributed by atoms with Crippen LogP contribution >= 0.6 is 39.0 Å². The molecule has 0 bridgehead atoms. The van der Waals surface area contributed by atoms with Crippen molar-refractivity contribution in [3.05, 3.63) is 177 Å². The van der Waals surface area contributed by atoms with Crippen LogP contribution in [-0.2, 0) is 14.3 Å². The highest BCUT2D eigenvalue weighted by Crippen LogP contribution is 2.40. The first-order valence-corrected chi connectivity index (χ1v) is 19.9. The summed E-state index contributed by atoms with van der Waals surface area (Å²) in [6, 6.07) is 40.3. The molecule has 11 heteroatoms. The van der Waals surface area contributed by atoms with Gasteiger partial charge in [0, 0.05) is 31.6 Å². The molecule has 1 unspecified atom stereocenters. The SMILES string of the molecule is CCOC(=O)c1c(-c2ccc(C)cc2)csc1NC(=O)C(Sc1cccc(NC(=O)/C(=C/c2ccc(Br)cc2)NC(=O)c2ccccc2)c1)c1ccccc1. The van der Waals surface area contributed by atoms with Crippen molar-refractivity contribution in [2.45, 2.75) is 24.0 Å². The summed E-state index contributed by atoms with van der Waals surface area (Å²) >= 11 is 5.99. The molecule has 0 radical (unpaired) electrons. The largest absolute Gasteiger partial charge is 0.462 e. The highest BCUT2D eigenvalue weighted by molar-refractivity contribution is 9.10. The highest BCUT2D eigenvalue weighted by atomic mass is 79.9. The molecule has 3 N–H and O–H groups in total. The molecular weight excluding hydrogens is 795 g/mol. The summed E-state index contributed by atoms with van der Waals surface area (Å²) in [5.41, 5.74) is 5.29. The van der Waals surface area contributed by atoms with E-state index < -0.39 is 23.0 Å². The lowest BCUT2D eigenvalue weighted by molar-refractivity contribution is -0.116. The smallest absolute Gasteiger partial charge is 0.341 e. The van der Waals surface area contributed by atoms with Crippen LogP contribution in [0.4, 0.5) is 10.7 Å². The molecule has 55 heavy (non-hydrogen) atoms. The number of ether oxygens (including phenoxy) is 1. The van der Waals surface area contributed by atoms with Gasteiger partial charge in [-0.05, 0) is 79.1 Å². The van der Waals surface area contributed by atoms with Crippen molar-refractivity contribution >= 4 is 79.5 Å². The third-order valence-corrected chi connectivity index (χ3v) is 10.9. The van der Waals surface area contributed by atoms with Crippen LogP contribution in [0.15, 0.2) is 154 Å². The molecule has 0 saturated carbocycles. The van der Waals surface area contributed by atoms with Crippen molar-refractivity contribution in [3.63, 3.8) is 0 Å². The van der Waals surface area contributed by atoms with Crippen LogP contribution in [0.5, 0.6) is 0 Å². The first-order valence-electron chi connectivity index (χ1n) is 17.3. The van der Waals surface area contributed by atoms with Gasteiger partial charge in [-0.15, -0.1) is 23.1 Å². The van der Waals surface area contributed by atoms with Gasteiger partial charge in [-0.3, -0.25) is 14.4 Å². The zero-order valence-corrected chi connectivity index (χ0v) is 33.1. The number of esters is 1. The van der Waals surface area contributed by atoms with Gasteiger partial charge in [-0.25, -0.2) is 4.79 Å². The molecule has 3 amide bonds. The van der Waals surface area contributed by atoms with E-state index in [1.54, 1.807) is 55.5 Å². The molecule has 6 aromatic rings. The predicted molar refractivity (Wildman–Crippen MR) is 225 cm³/mol. The Morgan fingerprint density at radius 2 is 1.51 bits per heavy atom. The van der Waals surface area contributed by atoms with Crippen molar-refractivity contribution < 1.29 is 23.9 Å². The number of hydrogen-bond acceptors (Lipinski definition) is 7. The number of amides is 3. The average molecular weight is 831 g/mol. The Hall–Kier alpha value is -5.75. The topological polar surface area (TPSA) is 114 Å². The second kappa shape index (κ2) is 18.5. The van der Waals surface area contributed by atoms with E-state index in [1.807, 2.05) is 103 Å². The second-order valence-corrected chi connectivity index (χ2v) is 15.2. The highest BCUT2D eigenvalue weighted by Gasteiger charge is 2.28. The van der Waals surface area contributed by atoms with Gasteiger partial charge in [-0.1, -0.05) is 112 Å². The summed E-state index contributed by atoms with van der Waals surface area (Å²) in [6.07, 6.45) is 1.61. The Kier molecular flexibility index (Phi) is 13.1. The van der Waals surface area contributed by atoms with Crippen LogP contribution in [0, 0.1) is 6.92 Å². The number of carbonyl (C=O) groups is 4. The van der Waals surface area contributed by atoms with Crippen molar-refractivity contribution in [1.82, 2.24) is 5.32 Å². The third-order valence-electron chi connectivity index (χ3n) is 8.27. The quantitative estimate of drug-likeness (QED) is 0.0607. The summed E-state index contributed by atoms with van der Waals surface area (Å²) in [6.45, 7) is 3.92. The fourth-order valence-electron chi connectivity index (χ4n) is 5.53. The fraction of sp³-hybridized carbons (Fsp3) is 0.0909. The molecule has 6 rings (SSSR count). The molecule has 0 aliphatic heterocycles. The number of rotatable bonds is 13. The van der Waals surface area contributed by atoms with Gasteiger partial charge >= 0.3 is 5.97 Å². The lowest BCUT2D eigenvalue weighted by Gasteiger charge is -2.18. The van der Waals surface area contributed by atoms with E-state index in [0.29, 0.717) is 37.8 Å². The molecule has 0 fully saturated rings. The summed E-state index contributed by atoms with van der Waals surface area (Å²) in [5.74, 6) is -1.81. The van der Waals surface area contributed by atoms with Crippen molar-refractivity contribution in [2.24, 2.45) is 0 Å². The number of thiophene rings is 1. The number of nitrogens with one attached hydrogen (secondary N) is 3. The van der Waals surface area contributed by atoms with Crippen molar-refractivity contribution in [1.29, 1.82) is 0 Å². The van der Waals surface area contributed by atoms with Crippen LogP contribution in [-0.4, -0.2) is 30.3 Å². The maximum absolute atomic E-state index is 14.2. The first-order chi connectivity index (χ1) is 26.7. The van der Waals surface area contributed by atoms with Gasteiger partial charge in [-0.2, -0.15) is 0 Å². The average Bonchev–Trinajstić information content (AvgIpc) is 3.62. The number of anilines is 2. The number of aryl methyl sites for hydroxylation is 1. The van der Waals surface area contributed by atoms with E-state index in [0.717, 1.165) is 21.2 Å². The first kappa shape index (κ1) is 39.0. The standard InChI is InChI=1S/C44H36BrN3O5S2/c1-3-53-44(52)38-36(30-21-17-28(2)18-22-30)27-54-43(38)48-42(51)39(31-11-6-4-7-12-31)55-35-16-10-15-34(26-35)46-41(50)37(25-29-19-23-33(45)24-20-29)47-40(49)32-13-8-5-9-14-32/h4-27,39H,3H2,1-2H3,(H,46,50)(H,47,49)(H,48,51)/b37-25-. The maximum Gasteiger partial charge on any atom is 0.341 e. The summed E-state index contributed by atoms with van der Waals surface area (Å²) in [7, 11) is 0. The van der Waals surface area contributed by atoms with Gasteiger partial charge in [0.25, 0.3) is 11.8 Å². The molecular formula is C44H36BrN3O5S2. The molecule has 276 valence electrons. The predicted octanol–water partition coefficient (Wildman–Crippen LogP) is 10.5. The van der Waals surface area contributed by atoms with Gasteiger partial charge < -0.3 is 20.7 Å². The Labute approximate surface area is 336 Å². The minimum Gasteiger partial charge on any atom is -0.462 e. The summed E-state index contributed by atoms with van der Waals surface area (Å²) in [5, 5.41) is 10.2. The molecule has 1 atom stereocenters. The van der Waals surface area contributed by atoms with E-state index in [-0.39, 0.29) is 18.2 Å². The van der Waals surface area contributed by atoms with Gasteiger partial charge in [0.1, 0.15) is 21.5 Å². The van der Waals surface area contributed by atoms with Gasteiger partial charge in [0.05, 0.1) is 6.61 Å². The summed E-state index contributed by atoms with van der Waals surface area (Å²) in [4.78, 5) is 55.1. The monoisotopic (exact) mass is 829 g/mol. The van der Waals surface area contributed by atoms with E-state index in [2.05, 4.69) is 31.9 Å². The minimum atomic E-state index is -0.731. The zero-order valence-electron chi connectivity index (χ0n) is 29.9. The van der Waals surface area contributed by atoms with E-state index in [4.69, 9.17) is 4.74 Å². The number of benzene rings is 5. The van der Waals surface area contributed by atoms with Crippen molar-refractivity contribution in [3.8, 4) is 11.1 Å². The molecule has 0 spiro atoms. The molecule has 1 aromatic heterocycles. The van der Waals surface area contributed by atoms with Crippen LogP contribution in [0.1, 0.15) is 49.6 Å². The molecule has 0 aliphatic rings. The van der Waals surface area contributed by atoms with Gasteiger partial charge in [0.15, 0.2) is 0 Å². The Balaban J connectivity index is 1.25. The van der Waals surface area contributed by atoms with Gasteiger partial charge in [0.2, 0.25) is 5.91 Å². The minimum absolute atomic E-state index is 0.0501. The number of carbonyl (C=O) groups excluding carboxylic acids is 4. The molecule has 0 saturated heterocycles. The molecule has 8 nitrogen and oxygen atoms in total.